The Kier molecular flexibility index (Phi) is 5.59. The highest BCUT2D eigenvalue weighted by atomic mass is 32.2. The van der Waals surface area contributed by atoms with Gasteiger partial charge in [-0.2, -0.15) is 13.2 Å². The Balaban J connectivity index is 1.69. The number of halogens is 3. The van der Waals surface area contributed by atoms with E-state index in [0.29, 0.717) is 31.5 Å². The minimum absolute atomic E-state index is 0.0845. The molecule has 1 amide bonds. The van der Waals surface area contributed by atoms with Crippen molar-refractivity contribution in [2.45, 2.75) is 29.3 Å². The van der Waals surface area contributed by atoms with Gasteiger partial charge in [0, 0.05) is 37.1 Å². The van der Waals surface area contributed by atoms with E-state index < -0.39 is 20.2 Å². The highest BCUT2D eigenvalue weighted by molar-refractivity contribution is 7.92. The summed E-state index contributed by atoms with van der Waals surface area (Å²) in [6.45, 7) is 0.819. The number of para-hydroxylation sites is 1. The molecule has 0 saturated carbocycles. The number of rotatable bonds is 4. The van der Waals surface area contributed by atoms with Crippen LogP contribution in [-0.4, -0.2) is 48.8 Å². The summed E-state index contributed by atoms with van der Waals surface area (Å²) in [5.74, 6) is -0.138. The van der Waals surface area contributed by atoms with Gasteiger partial charge < -0.3 is 10.2 Å². The van der Waals surface area contributed by atoms with Gasteiger partial charge in [0.05, 0.1) is 10.6 Å². The molecule has 150 valence electrons. The predicted octanol–water partition coefficient (Wildman–Crippen LogP) is 3.09. The van der Waals surface area contributed by atoms with Gasteiger partial charge in [0.15, 0.2) is 0 Å². The Hall–Kier alpha value is -2.62. The normalized spacial score (nSPS) is 16.0. The second-order valence-electron chi connectivity index (χ2n) is 6.39. The van der Waals surface area contributed by atoms with E-state index in [2.05, 4.69) is 10.3 Å². The fourth-order valence-corrected chi connectivity index (χ4v) is 3.99. The number of likely N-dealkylation sites (tertiary alicyclic amines) is 1. The van der Waals surface area contributed by atoms with E-state index in [9.17, 15) is 26.4 Å². The monoisotopic (exact) mass is 413 g/mol. The molecular formula is C18H18F3N3O3S. The number of benzene rings is 1. The lowest BCUT2D eigenvalue weighted by Crippen LogP contribution is -2.42. The van der Waals surface area contributed by atoms with Gasteiger partial charge in [-0.05, 0) is 37.1 Å². The summed E-state index contributed by atoms with van der Waals surface area (Å²) in [6.07, 6.45) is 4.02. The van der Waals surface area contributed by atoms with Crippen LogP contribution in [0.3, 0.4) is 0 Å². The van der Waals surface area contributed by atoms with Crippen molar-refractivity contribution in [1.29, 1.82) is 0 Å². The molecule has 3 rings (SSSR count). The second kappa shape index (κ2) is 7.78. The molecule has 0 radical (unpaired) electrons. The molecule has 6 nitrogen and oxygen atoms in total. The van der Waals surface area contributed by atoms with Crippen molar-refractivity contribution in [3.63, 3.8) is 0 Å². The first-order chi connectivity index (χ1) is 13.2. The average molecular weight is 413 g/mol. The molecule has 1 N–H and O–H groups in total. The number of hydrogen-bond donors (Lipinski definition) is 1. The van der Waals surface area contributed by atoms with Crippen LogP contribution in [0.5, 0.6) is 0 Å². The van der Waals surface area contributed by atoms with Gasteiger partial charge in [0.25, 0.3) is 15.7 Å². The van der Waals surface area contributed by atoms with Gasteiger partial charge in [-0.1, -0.05) is 12.1 Å². The van der Waals surface area contributed by atoms with E-state index in [1.807, 2.05) is 0 Å². The maximum atomic E-state index is 12.9. The van der Waals surface area contributed by atoms with Crippen LogP contribution in [0.2, 0.25) is 0 Å². The van der Waals surface area contributed by atoms with E-state index in [1.54, 1.807) is 17.0 Å². The zero-order valence-corrected chi connectivity index (χ0v) is 15.5. The maximum Gasteiger partial charge on any atom is 0.501 e. The number of hydrogen-bond acceptors (Lipinski definition) is 5. The van der Waals surface area contributed by atoms with Gasteiger partial charge in [0.1, 0.15) is 0 Å². The zero-order chi connectivity index (χ0) is 20.4. The van der Waals surface area contributed by atoms with E-state index in [0.717, 1.165) is 6.07 Å². The smallest absolute Gasteiger partial charge is 0.381 e. The van der Waals surface area contributed by atoms with Crippen LogP contribution >= 0.6 is 0 Å². The number of pyridine rings is 1. The Morgan fingerprint density at radius 3 is 2.29 bits per heavy atom. The quantitative estimate of drug-likeness (QED) is 0.833. The summed E-state index contributed by atoms with van der Waals surface area (Å²) in [6, 6.07) is 7.96. The molecule has 28 heavy (non-hydrogen) atoms. The van der Waals surface area contributed by atoms with Crippen LogP contribution < -0.4 is 5.32 Å². The number of nitrogens with one attached hydrogen (secondary N) is 1. The first-order valence-corrected chi connectivity index (χ1v) is 10.0. The molecule has 1 aromatic carbocycles. The Morgan fingerprint density at radius 2 is 1.68 bits per heavy atom. The number of nitrogens with zero attached hydrogens (tertiary/aromatic N) is 2. The van der Waals surface area contributed by atoms with Gasteiger partial charge in [-0.15, -0.1) is 0 Å². The highest BCUT2D eigenvalue weighted by Gasteiger charge is 2.48. The third kappa shape index (κ3) is 4.11. The van der Waals surface area contributed by atoms with Crippen molar-refractivity contribution in [3.05, 3.63) is 54.4 Å². The van der Waals surface area contributed by atoms with Crippen molar-refractivity contribution in [1.82, 2.24) is 9.88 Å². The fraction of sp³-hybridized carbons (Fsp3) is 0.333. The van der Waals surface area contributed by atoms with Gasteiger partial charge >= 0.3 is 5.51 Å². The number of amides is 1. The van der Waals surface area contributed by atoms with Gasteiger partial charge in [0.2, 0.25) is 0 Å². The molecule has 1 fully saturated rings. The summed E-state index contributed by atoms with van der Waals surface area (Å²) >= 11 is 0. The lowest BCUT2D eigenvalue weighted by molar-refractivity contribution is -0.0435. The summed E-state index contributed by atoms with van der Waals surface area (Å²) in [4.78, 5) is 17.2. The van der Waals surface area contributed by atoms with Gasteiger partial charge in [-0.3, -0.25) is 9.78 Å². The highest BCUT2D eigenvalue weighted by Crippen LogP contribution is 2.35. The lowest BCUT2D eigenvalue weighted by Gasteiger charge is -2.33. The van der Waals surface area contributed by atoms with Crippen LogP contribution in [0, 0.1) is 0 Å². The second-order valence-corrected chi connectivity index (χ2v) is 8.30. The van der Waals surface area contributed by atoms with Crippen molar-refractivity contribution >= 4 is 21.4 Å². The van der Waals surface area contributed by atoms with E-state index in [1.165, 1.54) is 30.6 Å². The van der Waals surface area contributed by atoms with E-state index in [-0.39, 0.29) is 17.6 Å². The minimum Gasteiger partial charge on any atom is -0.381 e. The topological polar surface area (TPSA) is 79.4 Å². The Morgan fingerprint density at radius 1 is 1.07 bits per heavy atom. The molecule has 1 aliphatic rings. The lowest BCUT2D eigenvalue weighted by atomic mass is 10.0. The summed E-state index contributed by atoms with van der Waals surface area (Å²) in [5, 5.41) is 2.90. The number of sulfone groups is 1. The predicted molar refractivity (Wildman–Crippen MR) is 96.5 cm³/mol. The molecular weight excluding hydrogens is 395 g/mol. The summed E-state index contributed by atoms with van der Waals surface area (Å²) < 4.78 is 62.3. The third-order valence-corrected chi connectivity index (χ3v) is 6.09. The minimum atomic E-state index is -5.45. The van der Waals surface area contributed by atoms with Crippen LogP contribution in [0.15, 0.2) is 53.7 Å². The molecule has 0 atom stereocenters. The molecule has 0 aliphatic carbocycles. The molecule has 1 aromatic heterocycles. The Labute approximate surface area is 160 Å². The van der Waals surface area contributed by atoms with Crippen molar-refractivity contribution in [3.8, 4) is 0 Å². The number of carbonyl (C=O) groups excluding carboxylic acids is 1. The molecule has 2 aromatic rings. The third-order valence-electron chi connectivity index (χ3n) is 4.55. The number of alkyl halides is 3. The van der Waals surface area contributed by atoms with Crippen LogP contribution in [0.1, 0.15) is 23.2 Å². The first kappa shape index (κ1) is 20.1. The molecule has 1 saturated heterocycles. The van der Waals surface area contributed by atoms with Crippen molar-refractivity contribution in [2.75, 3.05) is 18.4 Å². The number of carbonyl (C=O) groups is 1. The standard InChI is InChI=1S/C18H18F3N3O3S/c19-18(20,21)28(26,27)16-4-2-1-3-15(16)23-14-7-11-24(12-8-14)17(25)13-5-9-22-10-6-13/h1-6,9-10,14,23H,7-8,11-12H2. The summed E-state index contributed by atoms with van der Waals surface area (Å²) in [7, 11) is -5.45. The van der Waals surface area contributed by atoms with Crippen molar-refractivity contribution in [2.24, 2.45) is 0 Å². The largest absolute Gasteiger partial charge is 0.501 e. The molecule has 0 bridgehead atoms. The molecule has 1 aliphatic heterocycles. The zero-order valence-electron chi connectivity index (χ0n) is 14.7. The van der Waals surface area contributed by atoms with E-state index in [4.69, 9.17) is 0 Å². The molecule has 2 heterocycles. The molecule has 10 heteroatoms. The number of anilines is 1. The van der Waals surface area contributed by atoms with Crippen LogP contribution in [-0.2, 0) is 9.84 Å². The van der Waals surface area contributed by atoms with Crippen LogP contribution in [0.25, 0.3) is 0 Å². The maximum absolute atomic E-state index is 12.9. The SMILES string of the molecule is O=C(c1ccncc1)N1CCC(Nc2ccccc2S(=O)(=O)C(F)(F)F)CC1. The summed E-state index contributed by atoms with van der Waals surface area (Å²) in [5.41, 5.74) is -4.94. The molecule has 0 spiro atoms. The number of aromatic nitrogens is 1. The first-order valence-electron chi connectivity index (χ1n) is 8.56. The fourth-order valence-electron chi connectivity index (χ4n) is 3.07. The molecule has 0 unspecified atom stereocenters. The van der Waals surface area contributed by atoms with Crippen molar-refractivity contribution < 1.29 is 26.4 Å². The van der Waals surface area contributed by atoms with E-state index >= 15 is 0 Å². The Bertz CT molecular complexity index is 941. The average Bonchev–Trinajstić information content (AvgIpc) is 2.68. The van der Waals surface area contributed by atoms with Gasteiger partial charge in [-0.25, -0.2) is 8.42 Å². The number of piperidine rings is 1. The van der Waals surface area contributed by atoms with Crippen LogP contribution in [0.4, 0.5) is 18.9 Å².